The molecule has 8 heteroatoms. The van der Waals surface area contributed by atoms with Crippen molar-refractivity contribution in [2.75, 3.05) is 25.6 Å². The van der Waals surface area contributed by atoms with Gasteiger partial charge in [0.15, 0.2) is 11.5 Å². The second-order valence-electron chi connectivity index (χ2n) is 10.1. The quantitative estimate of drug-likeness (QED) is 0.571. The topological polar surface area (TPSA) is 106 Å². The first-order chi connectivity index (χ1) is 16.4. The van der Waals surface area contributed by atoms with Crippen LogP contribution in [-0.2, 0) is 22.4 Å². The van der Waals surface area contributed by atoms with Crippen LogP contribution in [0.5, 0.6) is 11.5 Å². The van der Waals surface area contributed by atoms with Gasteiger partial charge >= 0.3 is 11.9 Å². The van der Waals surface area contributed by atoms with E-state index in [-0.39, 0.29) is 23.2 Å². The molecule has 2 aromatic carbocycles. The normalized spacial score (nSPS) is 16.9. The average Bonchev–Trinajstić information content (AvgIpc) is 3.11. The largest absolute Gasteiger partial charge is 0.490 e. The summed E-state index contributed by atoms with van der Waals surface area (Å²) in [4.78, 5) is 28.6. The van der Waals surface area contributed by atoms with Gasteiger partial charge in [0.1, 0.15) is 12.1 Å². The third-order valence-electron chi connectivity index (χ3n) is 6.11. The van der Waals surface area contributed by atoms with E-state index < -0.39 is 11.9 Å². The van der Waals surface area contributed by atoms with E-state index in [4.69, 9.17) is 19.2 Å². The Bertz CT molecular complexity index is 1230. The molecule has 0 radical (unpaired) electrons. The molecular formula is C27H32N2O6. The third kappa shape index (κ3) is 4.83. The maximum atomic E-state index is 12.3. The number of aliphatic carboxylic acids is 1. The predicted molar refractivity (Wildman–Crippen MR) is 133 cm³/mol. The number of carboxylic acid groups (broad SMARTS) is 1. The monoisotopic (exact) mass is 480 g/mol. The van der Waals surface area contributed by atoms with Crippen molar-refractivity contribution in [1.82, 2.24) is 0 Å². The number of nitrogens with zero attached hydrogens (tertiary/aromatic N) is 1. The van der Waals surface area contributed by atoms with Crippen LogP contribution in [0, 0.1) is 0 Å². The number of carboxylic acids is 1. The zero-order valence-corrected chi connectivity index (χ0v) is 21.1. The van der Waals surface area contributed by atoms with Crippen LogP contribution in [0.25, 0.3) is 0 Å². The van der Waals surface area contributed by atoms with Crippen LogP contribution in [0.3, 0.4) is 0 Å². The second-order valence-corrected chi connectivity index (χ2v) is 10.1. The fourth-order valence-corrected chi connectivity index (χ4v) is 4.84. The lowest BCUT2D eigenvalue weighted by Gasteiger charge is -2.31. The Morgan fingerprint density at radius 2 is 1.91 bits per heavy atom. The maximum Gasteiger partial charge on any atom is 0.339 e. The lowest BCUT2D eigenvalue weighted by atomic mass is 9.80. The molecule has 0 unspecified atom stereocenters. The van der Waals surface area contributed by atoms with Crippen LogP contribution in [0.15, 0.2) is 29.3 Å². The van der Waals surface area contributed by atoms with Gasteiger partial charge in [-0.3, -0.25) is 9.79 Å². The second kappa shape index (κ2) is 8.91. The summed E-state index contributed by atoms with van der Waals surface area (Å²) in [5.74, 6) is -0.0892. The first-order valence-electron chi connectivity index (χ1n) is 11.7. The van der Waals surface area contributed by atoms with Crippen LogP contribution in [0.4, 0.5) is 5.69 Å². The molecule has 0 saturated carbocycles. The highest BCUT2D eigenvalue weighted by Crippen LogP contribution is 2.48. The van der Waals surface area contributed by atoms with Crippen LogP contribution >= 0.6 is 0 Å². The predicted octanol–water partition coefficient (Wildman–Crippen LogP) is 4.25. The number of rotatable bonds is 7. The summed E-state index contributed by atoms with van der Waals surface area (Å²) in [7, 11) is 1.29. The number of hydrogen-bond donors (Lipinski definition) is 2. The summed E-state index contributed by atoms with van der Waals surface area (Å²) in [5, 5.41) is 12.0. The Morgan fingerprint density at radius 3 is 2.57 bits per heavy atom. The van der Waals surface area contributed by atoms with Crippen molar-refractivity contribution in [2.45, 2.75) is 58.6 Å². The molecule has 0 saturated heterocycles. The molecule has 0 aromatic heterocycles. The van der Waals surface area contributed by atoms with Gasteiger partial charge in [0, 0.05) is 28.8 Å². The van der Waals surface area contributed by atoms with E-state index in [1.165, 1.54) is 7.11 Å². The Kier molecular flexibility index (Phi) is 6.25. The first kappa shape index (κ1) is 24.6. The van der Waals surface area contributed by atoms with E-state index in [0.29, 0.717) is 18.7 Å². The minimum Gasteiger partial charge on any atom is -0.490 e. The maximum absolute atomic E-state index is 12.3. The van der Waals surface area contributed by atoms with Gasteiger partial charge in [-0.1, -0.05) is 6.07 Å². The van der Waals surface area contributed by atoms with E-state index in [0.717, 1.165) is 45.9 Å². The fourth-order valence-electron chi connectivity index (χ4n) is 4.84. The van der Waals surface area contributed by atoms with Crippen molar-refractivity contribution in [1.29, 1.82) is 0 Å². The number of esters is 1. The summed E-state index contributed by atoms with van der Waals surface area (Å²) in [5.41, 5.74) is 4.64. The molecule has 35 heavy (non-hydrogen) atoms. The van der Waals surface area contributed by atoms with Crippen LogP contribution in [0.2, 0.25) is 0 Å². The van der Waals surface area contributed by atoms with E-state index in [9.17, 15) is 14.7 Å². The number of aliphatic imine (C=N–C) groups is 1. The lowest BCUT2D eigenvalue weighted by Crippen LogP contribution is -2.31. The highest BCUT2D eigenvalue weighted by Gasteiger charge is 2.40. The molecule has 2 aliphatic rings. The standard InChI is InChI=1S/C27H32N2O6/c1-7-34-20-11-16-12-26(2,3)29-23(22(16)18-13-27(4,5)35-24(18)20)15-8-9-17(25(32)33-6)19(10-15)28-14-21(30)31/h8-11,28H,7,12-14H2,1-6H3,(H,30,31). The number of fused-ring (bicyclic) bond motifs is 3. The van der Waals surface area contributed by atoms with Crippen molar-refractivity contribution >= 4 is 23.3 Å². The number of methoxy groups -OCH3 is 1. The summed E-state index contributed by atoms with van der Waals surface area (Å²) in [6, 6.07) is 7.29. The van der Waals surface area contributed by atoms with Gasteiger partial charge in [0.05, 0.1) is 30.5 Å². The Balaban J connectivity index is 1.91. The Labute approximate surface area is 205 Å². The molecule has 2 aliphatic heterocycles. The lowest BCUT2D eigenvalue weighted by molar-refractivity contribution is -0.134. The summed E-state index contributed by atoms with van der Waals surface area (Å²) >= 11 is 0. The van der Waals surface area contributed by atoms with Gasteiger partial charge in [-0.15, -0.1) is 0 Å². The number of ether oxygens (including phenoxy) is 3. The SMILES string of the molecule is CCOc1cc2c(c3c1OC(C)(C)C3)C(c1ccc(C(=O)OC)c(NCC(=O)O)c1)=NC(C)(C)C2. The number of anilines is 1. The molecule has 2 aromatic rings. The molecule has 186 valence electrons. The highest BCUT2D eigenvalue weighted by molar-refractivity contribution is 6.17. The van der Waals surface area contributed by atoms with Crippen LogP contribution in [-0.4, -0.2) is 54.2 Å². The fraction of sp³-hybridized carbons (Fsp3) is 0.444. The smallest absolute Gasteiger partial charge is 0.339 e. The molecule has 2 N–H and O–H groups in total. The van der Waals surface area contributed by atoms with E-state index in [1.807, 2.05) is 13.0 Å². The van der Waals surface area contributed by atoms with Crippen LogP contribution in [0.1, 0.15) is 67.2 Å². The Morgan fingerprint density at radius 1 is 1.17 bits per heavy atom. The van der Waals surface area contributed by atoms with Gasteiger partial charge in [0.25, 0.3) is 0 Å². The molecule has 0 spiro atoms. The van der Waals surface area contributed by atoms with Crippen molar-refractivity contribution < 1.29 is 28.9 Å². The number of hydrogen-bond acceptors (Lipinski definition) is 7. The van der Waals surface area contributed by atoms with Gasteiger partial charge in [0.2, 0.25) is 0 Å². The third-order valence-corrected chi connectivity index (χ3v) is 6.11. The van der Waals surface area contributed by atoms with Crippen molar-refractivity contribution in [3.8, 4) is 11.5 Å². The number of carbonyl (C=O) groups is 2. The van der Waals surface area contributed by atoms with Gasteiger partial charge < -0.3 is 24.6 Å². The van der Waals surface area contributed by atoms with Crippen molar-refractivity contribution in [2.24, 2.45) is 4.99 Å². The minimum atomic E-state index is -1.03. The molecule has 2 heterocycles. The molecule has 0 atom stereocenters. The molecule has 4 rings (SSSR count). The van der Waals surface area contributed by atoms with E-state index in [1.54, 1.807) is 12.1 Å². The number of carbonyl (C=O) groups excluding carboxylic acids is 1. The van der Waals surface area contributed by atoms with Gasteiger partial charge in [-0.05, 0) is 64.8 Å². The highest BCUT2D eigenvalue weighted by atomic mass is 16.5. The molecule has 0 aliphatic carbocycles. The van der Waals surface area contributed by atoms with Crippen LogP contribution < -0.4 is 14.8 Å². The van der Waals surface area contributed by atoms with Crippen molar-refractivity contribution in [3.63, 3.8) is 0 Å². The Hall–Kier alpha value is -3.55. The number of nitrogens with one attached hydrogen (secondary N) is 1. The molecule has 0 fully saturated rings. The average molecular weight is 481 g/mol. The summed E-state index contributed by atoms with van der Waals surface area (Å²) in [6.45, 7) is 10.4. The summed E-state index contributed by atoms with van der Waals surface area (Å²) in [6.07, 6.45) is 1.44. The van der Waals surface area contributed by atoms with Gasteiger partial charge in [-0.2, -0.15) is 0 Å². The van der Waals surface area contributed by atoms with E-state index >= 15 is 0 Å². The van der Waals surface area contributed by atoms with Crippen molar-refractivity contribution in [3.05, 3.63) is 52.1 Å². The molecular weight excluding hydrogens is 448 g/mol. The summed E-state index contributed by atoms with van der Waals surface area (Å²) < 4.78 is 17.2. The molecule has 0 amide bonds. The number of benzene rings is 2. The zero-order chi connectivity index (χ0) is 25.5. The zero-order valence-electron chi connectivity index (χ0n) is 21.1. The molecule has 0 bridgehead atoms. The molecule has 8 nitrogen and oxygen atoms in total. The first-order valence-corrected chi connectivity index (χ1v) is 11.7. The van der Waals surface area contributed by atoms with Gasteiger partial charge in [-0.25, -0.2) is 4.79 Å². The minimum absolute atomic E-state index is 0.259. The van der Waals surface area contributed by atoms with E-state index in [2.05, 4.69) is 39.1 Å².